The Bertz CT molecular complexity index is 369. The van der Waals surface area contributed by atoms with Gasteiger partial charge in [0.25, 0.3) is 0 Å². The minimum absolute atomic E-state index is 0.0353. The van der Waals surface area contributed by atoms with Crippen molar-refractivity contribution in [2.45, 2.75) is 20.8 Å². The summed E-state index contributed by atoms with van der Waals surface area (Å²) in [6, 6.07) is 1.70. The molecule has 0 amide bonds. The SMILES string of the molecule is COc1ccnc(C#CC(C)(C)C)n1. The van der Waals surface area contributed by atoms with Gasteiger partial charge >= 0.3 is 0 Å². The Hall–Kier alpha value is -1.56. The van der Waals surface area contributed by atoms with Crippen molar-refractivity contribution in [2.75, 3.05) is 7.11 Å². The van der Waals surface area contributed by atoms with Crippen LogP contribution in [0.15, 0.2) is 12.3 Å². The first kappa shape index (κ1) is 10.5. The molecule has 3 nitrogen and oxygen atoms in total. The first-order valence-electron chi connectivity index (χ1n) is 4.41. The van der Waals surface area contributed by atoms with Crippen LogP contribution < -0.4 is 4.74 Å². The summed E-state index contributed by atoms with van der Waals surface area (Å²) in [6.45, 7) is 6.13. The molecule has 0 aliphatic rings. The maximum Gasteiger partial charge on any atom is 0.217 e. The normalized spacial score (nSPS) is 10.3. The minimum atomic E-state index is -0.0353. The Morgan fingerprint density at radius 1 is 1.36 bits per heavy atom. The van der Waals surface area contributed by atoms with E-state index in [1.807, 2.05) is 20.8 Å². The number of methoxy groups -OCH3 is 1. The summed E-state index contributed by atoms with van der Waals surface area (Å²) in [5.74, 6) is 7.01. The summed E-state index contributed by atoms with van der Waals surface area (Å²) >= 11 is 0. The zero-order valence-corrected chi connectivity index (χ0v) is 8.96. The Balaban J connectivity index is 2.90. The lowest BCUT2D eigenvalue weighted by atomic mass is 9.98. The number of nitrogens with zero attached hydrogens (tertiary/aromatic N) is 2. The zero-order chi connectivity index (χ0) is 10.6. The standard InChI is InChI=1S/C11H14N2O/c1-11(2,3)7-5-9-12-8-6-10(13-9)14-4/h6,8H,1-4H3. The topological polar surface area (TPSA) is 35.0 Å². The van der Waals surface area contributed by atoms with Crippen LogP contribution in [-0.2, 0) is 0 Å². The molecule has 14 heavy (non-hydrogen) atoms. The summed E-state index contributed by atoms with van der Waals surface area (Å²) < 4.78 is 4.97. The smallest absolute Gasteiger partial charge is 0.217 e. The Kier molecular flexibility index (Phi) is 3.08. The molecule has 0 fully saturated rings. The van der Waals surface area contributed by atoms with Crippen molar-refractivity contribution < 1.29 is 4.74 Å². The van der Waals surface area contributed by atoms with Crippen molar-refractivity contribution >= 4 is 0 Å². The summed E-state index contributed by atoms with van der Waals surface area (Å²) in [7, 11) is 1.57. The molecule has 1 aromatic heterocycles. The summed E-state index contributed by atoms with van der Waals surface area (Å²) in [5, 5.41) is 0. The molecular formula is C11H14N2O. The Morgan fingerprint density at radius 3 is 2.64 bits per heavy atom. The predicted octanol–water partition coefficient (Wildman–Crippen LogP) is 1.88. The van der Waals surface area contributed by atoms with Crippen molar-refractivity contribution in [2.24, 2.45) is 5.41 Å². The van der Waals surface area contributed by atoms with E-state index < -0.39 is 0 Å². The molecule has 0 atom stereocenters. The molecule has 1 aromatic rings. The molecule has 74 valence electrons. The molecule has 0 spiro atoms. The lowest BCUT2D eigenvalue weighted by Gasteiger charge is -2.06. The van der Waals surface area contributed by atoms with Crippen molar-refractivity contribution in [3.8, 4) is 17.7 Å². The van der Waals surface area contributed by atoms with Gasteiger partial charge in [-0.1, -0.05) is 5.92 Å². The van der Waals surface area contributed by atoms with E-state index in [9.17, 15) is 0 Å². The van der Waals surface area contributed by atoms with Gasteiger partial charge in [-0.05, 0) is 26.7 Å². The summed E-state index contributed by atoms with van der Waals surface area (Å²) in [5.41, 5.74) is -0.0353. The van der Waals surface area contributed by atoms with Gasteiger partial charge in [0.2, 0.25) is 11.7 Å². The number of hydrogen-bond donors (Lipinski definition) is 0. The van der Waals surface area contributed by atoms with Crippen LogP contribution in [0.4, 0.5) is 0 Å². The van der Waals surface area contributed by atoms with Gasteiger partial charge in [0.15, 0.2) is 0 Å². The molecule has 0 saturated carbocycles. The van der Waals surface area contributed by atoms with Crippen LogP contribution in [0.2, 0.25) is 0 Å². The minimum Gasteiger partial charge on any atom is -0.481 e. The maximum atomic E-state index is 4.97. The number of ether oxygens (including phenoxy) is 1. The molecule has 3 heteroatoms. The first-order valence-corrected chi connectivity index (χ1v) is 4.41. The largest absolute Gasteiger partial charge is 0.481 e. The van der Waals surface area contributed by atoms with Crippen LogP contribution >= 0.6 is 0 Å². The van der Waals surface area contributed by atoms with E-state index in [0.717, 1.165) is 0 Å². The van der Waals surface area contributed by atoms with Gasteiger partial charge in [-0.25, -0.2) is 4.98 Å². The molecule has 0 aliphatic heterocycles. The molecule has 1 heterocycles. The van der Waals surface area contributed by atoms with E-state index in [-0.39, 0.29) is 5.41 Å². The highest BCUT2D eigenvalue weighted by molar-refractivity contribution is 5.25. The summed E-state index contributed by atoms with van der Waals surface area (Å²) in [4.78, 5) is 8.11. The van der Waals surface area contributed by atoms with Crippen LogP contribution in [0.3, 0.4) is 0 Å². The highest BCUT2D eigenvalue weighted by Gasteiger charge is 2.04. The lowest BCUT2D eigenvalue weighted by molar-refractivity contribution is 0.396. The number of aromatic nitrogens is 2. The highest BCUT2D eigenvalue weighted by atomic mass is 16.5. The second-order valence-corrected chi connectivity index (χ2v) is 3.92. The van der Waals surface area contributed by atoms with Crippen LogP contribution in [0.5, 0.6) is 5.88 Å². The fourth-order valence-corrected chi connectivity index (χ4v) is 0.759. The van der Waals surface area contributed by atoms with E-state index in [4.69, 9.17) is 4.74 Å². The predicted molar refractivity (Wildman–Crippen MR) is 54.9 cm³/mol. The van der Waals surface area contributed by atoms with Crippen LogP contribution in [-0.4, -0.2) is 17.1 Å². The van der Waals surface area contributed by atoms with Gasteiger partial charge in [-0.2, -0.15) is 4.98 Å². The third-order valence-electron chi connectivity index (χ3n) is 1.39. The van der Waals surface area contributed by atoms with Gasteiger partial charge in [-0.15, -0.1) is 0 Å². The van der Waals surface area contributed by atoms with Crippen molar-refractivity contribution in [3.05, 3.63) is 18.1 Å². The fourth-order valence-electron chi connectivity index (χ4n) is 0.759. The number of hydrogen-bond acceptors (Lipinski definition) is 3. The Morgan fingerprint density at radius 2 is 2.07 bits per heavy atom. The second kappa shape index (κ2) is 4.10. The molecule has 0 unspecified atom stereocenters. The number of rotatable bonds is 1. The first-order chi connectivity index (χ1) is 6.51. The third-order valence-corrected chi connectivity index (χ3v) is 1.39. The molecule has 0 radical (unpaired) electrons. The van der Waals surface area contributed by atoms with Crippen LogP contribution in [0, 0.1) is 17.3 Å². The third kappa shape index (κ3) is 3.44. The quantitative estimate of drug-likeness (QED) is 0.634. The molecule has 0 aliphatic carbocycles. The van der Waals surface area contributed by atoms with Gasteiger partial charge < -0.3 is 4.74 Å². The fraction of sp³-hybridized carbons (Fsp3) is 0.455. The average molecular weight is 190 g/mol. The van der Waals surface area contributed by atoms with E-state index in [2.05, 4.69) is 21.8 Å². The lowest BCUT2D eigenvalue weighted by Crippen LogP contribution is -2.00. The van der Waals surface area contributed by atoms with Gasteiger partial charge in [0.1, 0.15) is 0 Å². The molecular weight excluding hydrogens is 176 g/mol. The van der Waals surface area contributed by atoms with Gasteiger partial charge in [0, 0.05) is 17.7 Å². The molecule has 0 saturated heterocycles. The Labute approximate surface area is 84.5 Å². The highest BCUT2D eigenvalue weighted by Crippen LogP contribution is 2.10. The average Bonchev–Trinajstić information content (AvgIpc) is 2.14. The van der Waals surface area contributed by atoms with Gasteiger partial charge in [-0.3, -0.25) is 0 Å². The van der Waals surface area contributed by atoms with Crippen molar-refractivity contribution in [1.29, 1.82) is 0 Å². The van der Waals surface area contributed by atoms with E-state index in [0.29, 0.717) is 11.7 Å². The van der Waals surface area contributed by atoms with Crippen molar-refractivity contribution in [1.82, 2.24) is 9.97 Å². The molecule has 0 N–H and O–H groups in total. The second-order valence-electron chi connectivity index (χ2n) is 3.92. The molecule has 0 aromatic carbocycles. The van der Waals surface area contributed by atoms with Crippen LogP contribution in [0.25, 0.3) is 0 Å². The van der Waals surface area contributed by atoms with E-state index >= 15 is 0 Å². The molecule has 0 bridgehead atoms. The zero-order valence-electron chi connectivity index (χ0n) is 8.96. The van der Waals surface area contributed by atoms with E-state index in [1.165, 1.54) is 0 Å². The van der Waals surface area contributed by atoms with E-state index in [1.54, 1.807) is 19.4 Å². The van der Waals surface area contributed by atoms with Crippen molar-refractivity contribution in [3.63, 3.8) is 0 Å². The maximum absolute atomic E-state index is 4.97. The van der Waals surface area contributed by atoms with Gasteiger partial charge in [0.05, 0.1) is 7.11 Å². The molecule has 1 rings (SSSR count). The summed E-state index contributed by atoms with van der Waals surface area (Å²) in [6.07, 6.45) is 1.64. The van der Waals surface area contributed by atoms with Crippen LogP contribution in [0.1, 0.15) is 26.6 Å². The monoisotopic (exact) mass is 190 g/mol.